The molecule has 152 valence electrons. The van der Waals surface area contributed by atoms with Crippen LogP contribution < -0.4 is 25.2 Å². The second-order valence-electron chi connectivity index (χ2n) is 6.41. The number of rotatable bonds is 8. The van der Waals surface area contributed by atoms with Crippen molar-refractivity contribution in [2.45, 2.75) is 19.8 Å². The van der Waals surface area contributed by atoms with Gasteiger partial charge in [0.15, 0.2) is 18.1 Å². The first-order valence-corrected chi connectivity index (χ1v) is 9.25. The van der Waals surface area contributed by atoms with Crippen molar-refractivity contribution < 1.29 is 23.4 Å². The van der Waals surface area contributed by atoms with Crippen molar-refractivity contribution in [2.24, 2.45) is 0 Å². The van der Waals surface area contributed by atoms with Crippen LogP contribution >= 0.6 is 0 Å². The number of anilines is 1. The first kappa shape index (κ1) is 20.3. The van der Waals surface area contributed by atoms with Gasteiger partial charge < -0.3 is 23.9 Å². The minimum Gasteiger partial charge on any atom is -0.493 e. The Morgan fingerprint density at radius 3 is 2.55 bits per heavy atom. The molecule has 0 radical (unpaired) electrons. The number of methoxy groups -OCH3 is 2. The van der Waals surface area contributed by atoms with Gasteiger partial charge in [-0.1, -0.05) is 13.3 Å². The fourth-order valence-electron chi connectivity index (χ4n) is 3.04. The average Bonchev–Trinajstić information content (AvgIpc) is 2.72. The van der Waals surface area contributed by atoms with Crippen LogP contribution in [0.3, 0.4) is 0 Å². The monoisotopic (exact) mass is 397 g/mol. The maximum absolute atomic E-state index is 12.2. The number of hydrogen-bond acceptors (Lipinski definition) is 6. The van der Waals surface area contributed by atoms with E-state index in [4.69, 9.17) is 18.6 Å². The highest BCUT2D eigenvalue weighted by Gasteiger charge is 2.10. The first-order valence-electron chi connectivity index (χ1n) is 9.25. The molecule has 1 N–H and O–H groups in total. The molecule has 7 nitrogen and oxygen atoms in total. The van der Waals surface area contributed by atoms with E-state index in [1.165, 1.54) is 13.2 Å². The minimum absolute atomic E-state index is 0.196. The van der Waals surface area contributed by atoms with Gasteiger partial charge in [-0.15, -0.1) is 0 Å². The summed E-state index contributed by atoms with van der Waals surface area (Å²) in [6.45, 7) is 1.85. The van der Waals surface area contributed by atoms with Gasteiger partial charge in [-0.3, -0.25) is 4.79 Å². The van der Waals surface area contributed by atoms with E-state index in [0.717, 1.165) is 23.8 Å². The molecule has 7 heteroatoms. The van der Waals surface area contributed by atoms with Crippen LogP contribution in [-0.4, -0.2) is 26.7 Å². The number of benzene rings is 2. The molecule has 3 rings (SSSR count). The van der Waals surface area contributed by atoms with E-state index >= 15 is 0 Å². The Labute approximate surface area is 168 Å². The number of aryl methyl sites for hydroxylation is 1. The summed E-state index contributed by atoms with van der Waals surface area (Å²) in [5, 5.41) is 3.61. The van der Waals surface area contributed by atoms with E-state index in [-0.39, 0.29) is 12.5 Å². The van der Waals surface area contributed by atoms with Gasteiger partial charge in [0.2, 0.25) is 0 Å². The largest absolute Gasteiger partial charge is 0.493 e. The smallest absolute Gasteiger partial charge is 0.336 e. The van der Waals surface area contributed by atoms with Crippen molar-refractivity contribution in [3.8, 4) is 17.2 Å². The normalized spacial score (nSPS) is 10.6. The van der Waals surface area contributed by atoms with Crippen molar-refractivity contribution in [3.63, 3.8) is 0 Å². The van der Waals surface area contributed by atoms with Gasteiger partial charge >= 0.3 is 5.63 Å². The highest BCUT2D eigenvalue weighted by molar-refractivity contribution is 5.92. The number of carbonyl (C=O) groups is 1. The number of nitrogens with one attached hydrogen (secondary N) is 1. The molecule has 0 bridgehead atoms. The van der Waals surface area contributed by atoms with Crippen molar-refractivity contribution >= 4 is 22.6 Å². The lowest BCUT2D eigenvalue weighted by Crippen LogP contribution is -2.20. The Balaban J connectivity index is 1.68. The quantitative estimate of drug-likeness (QED) is 0.582. The predicted octanol–water partition coefficient (Wildman–Crippen LogP) is 3.78. The van der Waals surface area contributed by atoms with Crippen molar-refractivity contribution in [2.75, 3.05) is 26.1 Å². The molecule has 2 aromatic carbocycles. The van der Waals surface area contributed by atoms with Gasteiger partial charge in [-0.25, -0.2) is 4.79 Å². The Morgan fingerprint density at radius 2 is 1.83 bits per heavy atom. The number of hydrogen-bond donors (Lipinski definition) is 1. The molecule has 0 aliphatic rings. The van der Waals surface area contributed by atoms with Gasteiger partial charge in [0.1, 0.15) is 11.3 Å². The average molecular weight is 397 g/mol. The minimum atomic E-state index is -0.399. The van der Waals surface area contributed by atoms with Crippen LogP contribution in [-0.2, 0) is 11.2 Å². The lowest BCUT2D eigenvalue weighted by Gasteiger charge is -2.11. The zero-order valence-corrected chi connectivity index (χ0v) is 16.6. The van der Waals surface area contributed by atoms with E-state index in [1.54, 1.807) is 37.4 Å². The lowest BCUT2D eigenvalue weighted by atomic mass is 10.1. The molecule has 29 heavy (non-hydrogen) atoms. The summed E-state index contributed by atoms with van der Waals surface area (Å²) in [4.78, 5) is 24.0. The second kappa shape index (κ2) is 9.14. The van der Waals surface area contributed by atoms with E-state index in [9.17, 15) is 9.59 Å². The van der Waals surface area contributed by atoms with Crippen LogP contribution in [0.4, 0.5) is 5.69 Å². The Bertz CT molecular complexity index is 1070. The Kier molecular flexibility index (Phi) is 6.39. The predicted molar refractivity (Wildman–Crippen MR) is 110 cm³/mol. The number of ether oxygens (including phenoxy) is 3. The summed E-state index contributed by atoms with van der Waals surface area (Å²) < 4.78 is 21.2. The van der Waals surface area contributed by atoms with Crippen LogP contribution in [0, 0.1) is 0 Å². The molecule has 0 fully saturated rings. The zero-order chi connectivity index (χ0) is 20.8. The van der Waals surface area contributed by atoms with E-state index in [1.807, 2.05) is 6.07 Å². The molecule has 1 amide bonds. The number of fused-ring (bicyclic) bond motifs is 1. The summed E-state index contributed by atoms with van der Waals surface area (Å²) in [6, 6.07) is 11.8. The summed E-state index contributed by atoms with van der Waals surface area (Å²) in [5.74, 6) is 1.19. The fourth-order valence-corrected chi connectivity index (χ4v) is 3.04. The molecule has 0 spiro atoms. The van der Waals surface area contributed by atoms with Crippen LogP contribution in [0.1, 0.15) is 18.9 Å². The van der Waals surface area contributed by atoms with Gasteiger partial charge in [0.25, 0.3) is 5.91 Å². The second-order valence-corrected chi connectivity index (χ2v) is 6.41. The Morgan fingerprint density at radius 1 is 1.03 bits per heavy atom. The van der Waals surface area contributed by atoms with Gasteiger partial charge in [-0.2, -0.15) is 0 Å². The number of carbonyl (C=O) groups excluding carboxylic acids is 1. The topological polar surface area (TPSA) is 87.0 Å². The summed E-state index contributed by atoms with van der Waals surface area (Å²) in [6.07, 6.45) is 1.71. The van der Waals surface area contributed by atoms with E-state index < -0.39 is 5.63 Å². The van der Waals surface area contributed by atoms with E-state index in [2.05, 4.69) is 12.2 Å². The third-order valence-corrected chi connectivity index (χ3v) is 4.36. The van der Waals surface area contributed by atoms with Gasteiger partial charge in [0.05, 0.1) is 14.2 Å². The van der Waals surface area contributed by atoms with Gasteiger partial charge in [-0.05, 0) is 36.2 Å². The first-order chi connectivity index (χ1) is 14.0. The highest BCUT2D eigenvalue weighted by Crippen LogP contribution is 2.29. The molecule has 0 aliphatic heterocycles. The van der Waals surface area contributed by atoms with Crippen molar-refractivity contribution in [1.82, 2.24) is 0 Å². The molecule has 1 heterocycles. The lowest BCUT2D eigenvalue weighted by molar-refractivity contribution is -0.118. The highest BCUT2D eigenvalue weighted by atomic mass is 16.5. The third kappa shape index (κ3) is 4.87. The van der Waals surface area contributed by atoms with Crippen LogP contribution in [0.2, 0.25) is 0 Å². The summed E-state index contributed by atoms with van der Waals surface area (Å²) in [5.41, 5.74) is 1.55. The standard InChI is InChI=1S/C22H23NO6/c1-4-5-14-10-22(25)29-19-12-16(7-8-17(14)19)28-13-21(24)23-15-6-9-18(26-2)20(11-15)27-3/h6-12H,4-5,13H2,1-3H3,(H,23,24). The molecule has 0 aliphatic carbocycles. The summed E-state index contributed by atoms with van der Waals surface area (Å²) >= 11 is 0. The molecular weight excluding hydrogens is 374 g/mol. The van der Waals surface area contributed by atoms with E-state index in [0.29, 0.717) is 28.5 Å². The van der Waals surface area contributed by atoms with Crippen molar-refractivity contribution in [1.29, 1.82) is 0 Å². The SMILES string of the molecule is CCCc1cc(=O)oc2cc(OCC(=O)Nc3ccc(OC)c(OC)c3)ccc12. The Hall–Kier alpha value is -3.48. The molecule has 0 atom stereocenters. The number of amides is 1. The summed E-state index contributed by atoms with van der Waals surface area (Å²) in [7, 11) is 3.07. The van der Waals surface area contributed by atoms with Gasteiger partial charge in [0, 0.05) is 29.3 Å². The van der Waals surface area contributed by atoms with Crippen LogP contribution in [0.5, 0.6) is 17.2 Å². The molecule has 0 unspecified atom stereocenters. The third-order valence-electron chi connectivity index (χ3n) is 4.36. The zero-order valence-electron chi connectivity index (χ0n) is 16.6. The molecule has 1 aromatic heterocycles. The van der Waals surface area contributed by atoms with Crippen molar-refractivity contribution in [3.05, 3.63) is 58.4 Å². The van der Waals surface area contributed by atoms with Crippen LogP contribution in [0.15, 0.2) is 51.7 Å². The molecule has 3 aromatic rings. The molecule has 0 saturated carbocycles. The molecule has 0 saturated heterocycles. The maximum atomic E-state index is 12.2. The fraction of sp³-hybridized carbons (Fsp3) is 0.273. The molecular formula is C22H23NO6. The maximum Gasteiger partial charge on any atom is 0.336 e. The van der Waals surface area contributed by atoms with Crippen LogP contribution in [0.25, 0.3) is 11.0 Å².